The number of amides is 1. The van der Waals surface area contributed by atoms with E-state index in [0.717, 1.165) is 29.1 Å². The molecule has 6 rings (SSSR count). The highest BCUT2D eigenvalue weighted by atomic mass is 32.2. The van der Waals surface area contributed by atoms with Crippen LogP contribution in [0.3, 0.4) is 0 Å². The van der Waals surface area contributed by atoms with Crippen LogP contribution in [0.2, 0.25) is 0 Å². The summed E-state index contributed by atoms with van der Waals surface area (Å²) in [6, 6.07) is 17.3. The predicted molar refractivity (Wildman–Crippen MR) is 155 cm³/mol. The van der Waals surface area contributed by atoms with E-state index < -0.39 is 23.0 Å². The maximum atomic E-state index is 15.3. The first-order valence-corrected chi connectivity index (χ1v) is 14.0. The van der Waals surface area contributed by atoms with Crippen molar-refractivity contribution in [1.82, 2.24) is 14.7 Å². The number of fused-ring (bicyclic) bond motifs is 4. The van der Waals surface area contributed by atoms with Crippen LogP contribution in [0.15, 0.2) is 71.8 Å². The highest BCUT2D eigenvalue weighted by Gasteiger charge is 2.53. The molecule has 10 heteroatoms. The fraction of sp³-hybridized carbons (Fsp3) is 0.233. The standard InChI is InChI=1S/C30H28F2N6OS/c1-18-6-8-24(31)23(14-18)30(10-11-30)28(39)37-26-9-7-19(15-25(26)32)22-17-34-29-36-20-4-2-5-21(16-20)40-35-13-3-12-33-27(22)38-29/h2,4-9,14-17,35H,3,10-13H2,1H3,(H,37,39)(H2,33,34,36,38). The van der Waals surface area contributed by atoms with Crippen molar-refractivity contribution in [2.24, 2.45) is 0 Å². The van der Waals surface area contributed by atoms with Gasteiger partial charge in [-0.2, -0.15) is 4.98 Å². The summed E-state index contributed by atoms with van der Waals surface area (Å²) in [5.41, 5.74) is 2.36. The van der Waals surface area contributed by atoms with E-state index in [-0.39, 0.29) is 5.69 Å². The van der Waals surface area contributed by atoms with Crippen molar-refractivity contribution in [2.45, 2.75) is 36.5 Å². The van der Waals surface area contributed by atoms with Crippen LogP contribution in [0.25, 0.3) is 11.1 Å². The van der Waals surface area contributed by atoms with Gasteiger partial charge in [-0.25, -0.2) is 13.8 Å². The topological polar surface area (TPSA) is 91.0 Å². The number of hydrogen-bond donors (Lipinski definition) is 4. The predicted octanol–water partition coefficient (Wildman–Crippen LogP) is 6.56. The lowest BCUT2D eigenvalue weighted by Gasteiger charge is -2.18. The van der Waals surface area contributed by atoms with Crippen LogP contribution in [-0.4, -0.2) is 29.0 Å². The van der Waals surface area contributed by atoms with Gasteiger partial charge < -0.3 is 16.0 Å². The van der Waals surface area contributed by atoms with E-state index >= 15 is 4.39 Å². The molecule has 0 unspecified atom stereocenters. The fourth-order valence-electron chi connectivity index (χ4n) is 4.83. The Morgan fingerprint density at radius 1 is 1.02 bits per heavy atom. The second kappa shape index (κ2) is 10.9. The van der Waals surface area contributed by atoms with E-state index in [1.165, 1.54) is 18.2 Å². The summed E-state index contributed by atoms with van der Waals surface area (Å²) in [6.45, 7) is 3.30. The Kier molecular flexibility index (Phi) is 7.12. The van der Waals surface area contributed by atoms with Gasteiger partial charge in [-0.05, 0) is 80.1 Å². The number of halogens is 2. The third kappa shape index (κ3) is 5.37. The first kappa shape index (κ1) is 26.2. The molecule has 0 spiro atoms. The molecule has 204 valence electrons. The van der Waals surface area contributed by atoms with Crippen molar-refractivity contribution in [3.63, 3.8) is 0 Å². The zero-order chi connectivity index (χ0) is 27.7. The third-order valence-electron chi connectivity index (χ3n) is 7.17. The molecule has 40 heavy (non-hydrogen) atoms. The third-order valence-corrected chi connectivity index (χ3v) is 8.01. The highest BCUT2D eigenvalue weighted by Crippen LogP contribution is 2.50. The zero-order valence-electron chi connectivity index (χ0n) is 21.9. The fourth-order valence-corrected chi connectivity index (χ4v) is 5.58. The summed E-state index contributed by atoms with van der Waals surface area (Å²) in [6.07, 6.45) is 3.54. The monoisotopic (exact) mass is 558 g/mol. The van der Waals surface area contributed by atoms with E-state index in [2.05, 4.69) is 30.6 Å². The van der Waals surface area contributed by atoms with E-state index in [0.29, 0.717) is 47.8 Å². The van der Waals surface area contributed by atoms with Gasteiger partial charge in [0.05, 0.1) is 11.1 Å². The second-order valence-corrected chi connectivity index (χ2v) is 11.1. The summed E-state index contributed by atoms with van der Waals surface area (Å²) in [4.78, 5) is 23.4. The molecule has 0 saturated heterocycles. The van der Waals surface area contributed by atoms with Gasteiger partial charge in [0, 0.05) is 41.0 Å². The molecule has 1 fully saturated rings. The molecule has 1 aliphatic carbocycles. The Labute approximate surface area is 235 Å². The summed E-state index contributed by atoms with van der Waals surface area (Å²) in [5, 5.41) is 9.28. The number of aromatic nitrogens is 2. The van der Waals surface area contributed by atoms with Crippen molar-refractivity contribution < 1.29 is 13.6 Å². The molecular formula is C30H28F2N6OS. The number of nitrogens with zero attached hydrogens (tertiary/aromatic N) is 2. The van der Waals surface area contributed by atoms with Gasteiger partial charge in [-0.1, -0.05) is 29.8 Å². The van der Waals surface area contributed by atoms with Gasteiger partial charge in [0.15, 0.2) is 0 Å². The van der Waals surface area contributed by atoms with Crippen molar-refractivity contribution in [1.29, 1.82) is 0 Å². The molecule has 1 aromatic heterocycles. The summed E-state index contributed by atoms with van der Waals surface area (Å²) >= 11 is 1.57. The van der Waals surface area contributed by atoms with E-state index in [4.69, 9.17) is 0 Å². The zero-order valence-corrected chi connectivity index (χ0v) is 22.7. The summed E-state index contributed by atoms with van der Waals surface area (Å²) in [7, 11) is 0. The molecule has 0 atom stereocenters. The van der Waals surface area contributed by atoms with Crippen LogP contribution in [0, 0.1) is 18.6 Å². The normalized spacial score (nSPS) is 15.9. The first-order valence-electron chi connectivity index (χ1n) is 13.2. The van der Waals surface area contributed by atoms with Crippen LogP contribution >= 0.6 is 11.9 Å². The Hall–Kier alpha value is -4.02. The first-order chi connectivity index (χ1) is 19.4. The minimum absolute atomic E-state index is 0.0450. The van der Waals surface area contributed by atoms with Crippen molar-refractivity contribution in [3.8, 4) is 11.1 Å². The van der Waals surface area contributed by atoms with Crippen molar-refractivity contribution in [2.75, 3.05) is 29.0 Å². The van der Waals surface area contributed by atoms with Gasteiger partial charge in [0.2, 0.25) is 11.9 Å². The molecule has 7 nitrogen and oxygen atoms in total. The number of anilines is 4. The maximum absolute atomic E-state index is 15.3. The van der Waals surface area contributed by atoms with Gasteiger partial charge in [-0.3, -0.25) is 9.52 Å². The smallest absolute Gasteiger partial charge is 0.235 e. The van der Waals surface area contributed by atoms with Crippen LogP contribution < -0.4 is 20.7 Å². The SMILES string of the molecule is Cc1ccc(F)c(C2(C(=O)Nc3ccc(-c4cnc5nc4NCCCNSc4cccc(c4)N5)cc3F)CC2)c1. The second-order valence-electron chi connectivity index (χ2n) is 10.1. The molecule has 1 amide bonds. The Morgan fingerprint density at radius 3 is 2.73 bits per heavy atom. The molecule has 2 heterocycles. The lowest BCUT2D eigenvalue weighted by Crippen LogP contribution is -2.29. The van der Waals surface area contributed by atoms with E-state index in [1.54, 1.807) is 36.3 Å². The highest BCUT2D eigenvalue weighted by molar-refractivity contribution is 7.97. The molecule has 4 aromatic rings. The van der Waals surface area contributed by atoms with Crippen LogP contribution in [0.4, 0.5) is 31.9 Å². The molecular weight excluding hydrogens is 530 g/mol. The van der Waals surface area contributed by atoms with Crippen molar-refractivity contribution in [3.05, 3.63) is 89.6 Å². The average Bonchev–Trinajstić information content (AvgIpc) is 3.75. The minimum Gasteiger partial charge on any atom is -0.369 e. The summed E-state index contributed by atoms with van der Waals surface area (Å²) in [5.74, 6) is -0.427. The number of hydrogen-bond acceptors (Lipinski definition) is 7. The lowest BCUT2D eigenvalue weighted by atomic mass is 9.92. The molecule has 4 N–H and O–H groups in total. The minimum atomic E-state index is -0.969. The number of nitrogens with one attached hydrogen (secondary N) is 4. The molecule has 1 aliphatic heterocycles. The van der Waals surface area contributed by atoms with Crippen LogP contribution in [0.5, 0.6) is 0 Å². The number of benzene rings is 3. The van der Waals surface area contributed by atoms with E-state index in [1.807, 2.05) is 31.2 Å². The Morgan fingerprint density at radius 2 is 1.90 bits per heavy atom. The number of rotatable bonds is 4. The molecule has 4 bridgehead atoms. The number of carbonyl (C=O) groups is 1. The average molecular weight is 559 g/mol. The molecule has 1 saturated carbocycles. The van der Waals surface area contributed by atoms with E-state index in [9.17, 15) is 9.18 Å². The number of carbonyl (C=O) groups excluding carboxylic acids is 1. The van der Waals surface area contributed by atoms with Crippen LogP contribution in [0.1, 0.15) is 30.4 Å². The van der Waals surface area contributed by atoms with Crippen LogP contribution in [-0.2, 0) is 10.2 Å². The quantitative estimate of drug-likeness (QED) is 0.211. The summed E-state index contributed by atoms with van der Waals surface area (Å²) < 4.78 is 33.3. The molecule has 0 radical (unpaired) electrons. The number of aryl methyl sites for hydroxylation is 1. The van der Waals surface area contributed by atoms with Gasteiger partial charge in [0.25, 0.3) is 0 Å². The Balaban J connectivity index is 1.25. The van der Waals surface area contributed by atoms with Gasteiger partial charge >= 0.3 is 0 Å². The van der Waals surface area contributed by atoms with Gasteiger partial charge in [0.1, 0.15) is 17.5 Å². The largest absolute Gasteiger partial charge is 0.369 e. The lowest BCUT2D eigenvalue weighted by molar-refractivity contribution is -0.118. The Bertz CT molecular complexity index is 1590. The van der Waals surface area contributed by atoms with Gasteiger partial charge in [-0.15, -0.1) is 0 Å². The molecule has 2 aliphatic rings. The molecule has 3 aromatic carbocycles. The maximum Gasteiger partial charge on any atom is 0.235 e. The van der Waals surface area contributed by atoms with Crippen molar-refractivity contribution >= 4 is 41.0 Å².